The average molecular weight is 217 g/mol. The van der Waals surface area contributed by atoms with Gasteiger partial charge in [-0.3, -0.25) is 9.38 Å². The molecule has 0 saturated heterocycles. The van der Waals surface area contributed by atoms with E-state index in [1.807, 2.05) is 19.3 Å². The van der Waals surface area contributed by atoms with Gasteiger partial charge in [0.15, 0.2) is 0 Å². The standard InChI is InChI=1S/C13H19N3/c1-8(2)11-12-10(5)14-6-7-16(12)13(15-11)9(3)4/h6-9H,1-5H3. The maximum atomic E-state index is 4.77. The molecule has 3 nitrogen and oxygen atoms in total. The third-order valence-corrected chi connectivity index (χ3v) is 2.86. The first kappa shape index (κ1) is 11.1. The van der Waals surface area contributed by atoms with Crippen LogP contribution in [0, 0.1) is 6.92 Å². The molecule has 0 radical (unpaired) electrons. The second kappa shape index (κ2) is 3.89. The quantitative estimate of drug-likeness (QED) is 0.772. The molecule has 0 saturated carbocycles. The van der Waals surface area contributed by atoms with Crippen LogP contribution in [0.5, 0.6) is 0 Å². The summed E-state index contributed by atoms with van der Waals surface area (Å²) >= 11 is 0. The molecule has 0 aliphatic rings. The van der Waals surface area contributed by atoms with E-state index in [-0.39, 0.29) is 0 Å². The Balaban J connectivity index is 2.82. The molecule has 3 heteroatoms. The van der Waals surface area contributed by atoms with Crippen molar-refractivity contribution in [2.45, 2.75) is 46.5 Å². The van der Waals surface area contributed by atoms with E-state index in [1.165, 1.54) is 5.52 Å². The summed E-state index contributed by atoms with van der Waals surface area (Å²) in [6, 6.07) is 0. The Hall–Kier alpha value is -1.38. The first-order valence-electron chi connectivity index (χ1n) is 5.85. The molecule has 16 heavy (non-hydrogen) atoms. The Morgan fingerprint density at radius 1 is 1.12 bits per heavy atom. The molecule has 2 aromatic heterocycles. The fourth-order valence-electron chi connectivity index (χ4n) is 2.06. The van der Waals surface area contributed by atoms with E-state index in [4.69, 9.17) is 4.98 Å². The van der Waals surface area contributed by atoms with Crippen molar-refractivity contribution in [2.75, 3.05) is 0 Å². The summed E-state index contributed by atoms with van der Waals surface area (Å²) in [5.74, 6) is 2.00. The van der Waals surface area contributed by atoms with Gasteiger partial charge < -0.3 is 0 Å². The Morgan fingerprint density at radius 3 is 2.38 bits per heavy atom. The van der Waals surface area contributed by atoms with E-state index in [1.54, 1.807) is 0 Å². The smallest absolute Gasteiger partial charge is 0.116 e. The molecule has 0 aliphatic carbocycles. The first-order chi connectivity index (χ1) is 7.52. The van der Waals surface area contributed by atoms with E-state index < -0.39 is 0 Å². The summed E-state index contributed by atoms with van der Waals surface area (Å²) in [5, 5.41) is 0. The van der Waals surface area contributed by atoms with Crippen LogP contribution in [0.2, 0.25) is 0 Å². The van der Waals surface area contributed by atoms with Crippen LogP contribution in [0.15, 0.2) is 12.4 Å². The number of imidazole rings is 1. The Labute approximate surface area is 96.5 Å². The summed E-state index contributed by atoms with van der Waals surface area (Å²) in [6.07, 6.45) is 3.86. The summed E-state index contributed by atoms with van der Waals surface area (Å²) in [7, 11) is 0. The minimum absolute atomic E-state index is 0.432. The van der Waals surface area contributed by atoms with E-state index in [0.29, 0.717) is 11.8 Å². The maximum Gasteiger partial charge on any atom is 0.116 e. The second-order valence-corrected chi connectivity index (χ2v) is 4.90. The summed E-state index contributed by atoms with van der Waals surface area (Å²) in [4.78, 5) is 9.13. The molecule has 0 amide bonds. The third kappa shape index (κ3) is 1.60. The predicted molar refractivity (Wildman–Crippen MR) is 65.9 cm³/mol. The van der Waals surface area contributed by atoms with Gasteiger partial charge in [-0.1, -0.05) is 27.7 Å². The Bertz CT molecular complexity index is 509. The lowest BCUT2D eigenvalue weighted by atomic mass is 10.1. The summed E-state index contributed by atoms with van der Waals surface area (Å²) in [5.41, 5.74) is 3.40. The van der Waals surface area contributed by atoms with E-state index in [9.17, 15) is 0 Å². The van der Waals surface area contributed by atoms with Crippen LogP contribution in [0.4, 0.5) is 0 Å². The summed E-state index contributed by atoms with van der Waals surface area (Å²) in [6.45, 7) is 10.8. The van der Waals surface area contributed by atoms with Crippen molar-refractivity contribution < 1.29 is 0 Å². The van der Waals surface area contributed by atoms with E-state index >= 15 is 0 Å². The number of hydrogen-bond acceptors (Lipinski definition) is 2. The second-order valence-electron chi connectivity index (χ2n) is 4.90. The van der Waals surface area contributed by atoms with Gasteiger partial charge in [0.2, 0.25) is 0 Å². The van der Waals surface area contributed by atoms with Gasteiger partial charge in [-0.05, 0) is 12.8 Å². The van der Waals surface area contributed by atoms with Gasteiger partial charge in [0.1, 0.15) is 5.82 Å². The van der Waals surface area contributed by atoms with Gasteiger partial charge in [-0.15, -0.1) is 0 Å². The van der Waals surface area contributed by atoms with Crippen molar-refractivity contribution in [2.24, 2.45) is 0 Å². The van der Waals surface area contributed by atoms with Crippen LogP contribution in [0.3, 0.4) is 0 Å². The highest BCUT2D eigenvalue weighted by Gasteiger charge is 2.17. The fraction of sp³-hybridized carbons (Fsp3) is 0.538. The lowest BCUT2D eigenvalue weighted by Gasteiger charge is -2.04. The number of aryl methyl sites for hydroxylation is 1. The zero-order valence-electron chi connectivity index (χ0n) is 10.7. The van der Waals surface area contributed by atoms with Crippen LogP contribution < -0.4 is 0 Å². The van der Waals surface area contributed by atoms with Gasteiger partial charge in [-0.25, -0.2) is 4.98 Å². The molecule has 0 unspecified atom stereocenters. The Kier molecular flexibility index (Phi) is 2.70. The average Bonchev–Trinajstić information content (AvgIpc) is 2.58. The SMILES string of the molecule is Cc1nccn2c(C(C)C)nc(C(C)C)c12. The fourth-order valence-corrected chi connectivity index (χ4v) is 2.06. The number of rotatable bonds is 2. The van der Waals surface area contributed by atoms with Gasteiger partial charge in [0.25, 0.3) is 0 Å². The van der Waals surface area contributed by atoms with Gasteiger partial charge in [0.05, 0.1) is 16.9 Å². The van der Waals surface area contributed by atoms with Crippen LogP contribution >= 0.6 is 0 Å². The number of fused-ring (bicyclic) bond motifs is 1. The largest absolute Gasteiger partial charge is 0.300 e. The monoisotopic (exact) mass is 217 g/mol. The molecule has 2 rings (SSSR count). The molecule has 0 spiro atoms. The summed E-state index contributed by atoms with van der Waals surface area (Å²) < 4.78 is 2.18. The molecule has 86 valence electrons. The van der Waals surface area contributed by atoms with Gasteiger partial charge in [0, 0.05) is 18.3 Å². The highest BCUT2D eigenvalue weighted by Crippen LogP contribution is 2.25. The molecule has 0 N–H and O–H groups in total. The topological polar surface area (TPSA) is 30.2 Å². The van der Waals surface area contributed by atoms with Crippen LogP contribution in [0.1, 0.15) is 56.7 Å². The van der Waals surface area contributed by atoms with Crippen molar-refractivity contribution in [3.05, 3.63) is 29.6 Å². The molecular formula is C13H19N3. The minimum atomic E-state index is 0.432. The molecule has 0 bridgehead atoms. The zero-order valence-corrected chi connectivity index (χ0v) is 10.7. The van der Waals surface area contributed by atoms with Crippen LogP contribution in [0.25, 0.3) is 5.52 Å². The lowest BCUT2D eigenvalue weighted by Crippen LogP contribution is -1.98. The molecular weight excluding hydrogens is 198 g/mol. The minimum Gasteiger partial charge on any atom is -0.300 e. The molecule has 0 atom stereocenters. The maximum absolute atomic E-state index is 4.77. The molecule has 0 aliphatic heterocycles. The zero-order chi connectivity index (χ0) is 11.9. The first-order valence-corrected chi connectivity index (χ1v) is 5.85. The van der Waals surface area contributed by atoms with E-state index in [0.717, 1.165) is 17.2 Å². The van der Waals surface area contributed by atoms with Crippen molar-refractivity contribution >= 4 is 5.52 Å². The van der Waals surface area contributed by atoms with Crippen LogP contribution in [-0.4, -0.2) is 14.4 Å². The van der Waals surface area contributed by atoms with Gasteiger partial charge in [-0.2, -0.15) is 0 Å². The number of nitrogens with zero attached hydrogens (tertiary/aromatic N) is 3. The Morgan fingerprint density at radius 2 is 1.81 bits per heavy atom. The predicted octanol–water partition coefficient (Wildman–Crippen LogP) is 3.28. The highest BCUT2D eigenvalue weighted by atomic mass is 15.0. The molecule has 2 aromatic rings. The molecule has 0 fully saturated rings. The third-order valence-electron chi connectivity index (χ3n) is 2.86. The van der Waals surface area contributed by atoms with Crippen molar-refractivity contribution in [3.63, 3.8) is 0 Å². The highest BCUT2D eigenvalue weighted by molar-refractivity contribution is 5.58. The molecule has 2 heterocycles. The lowest BCUT2D eigenvalue weighted by molar-refractivity contribution is 0.753. The van der Waals surface area contributed by atoms with Crippen molar-refractivity contribution in [1.29, 1.82) is 0 Å². The number of hydrogen-bond donors (Lipinski definition) is 0. The van der Waals surface area contributed by atoms with Crippen LogP contribution in [-0.2, 0) is 0 Å². The number of aromatic nitrogens is 3. The molecule has 0 aromatic carbocycles. The van der Waals surface area contributed by atoms with E-state index in [2.05, 4.69) is 37.1 Å². The van der Waals surface area contributed by atoms with Crippen molar-refractivity contribution in [3.8, 4) is 0 Å². The van der Waals surface area contributed by atoms with Gasteiger partial charge >= 0.3 is 0 Å². The normalized spacial score (nSPS) is 11.9. The van der Waals surface area contributed by atoms with Crippen molar-refractivity contribution in [1.82, 2.24) is 14.4 Å².